The number of unbranched alkanes of at least 4 members (excludes halogenated alkanes) is 1. The Kier molecular flexibility index (Phi) is 10.3. The van der Waals surface area contributed by atoms with E-state index < -0.39 is 51.6 Å². The average Bonchev–Trinajstić information content (AvgIpc) is 3.02. The van der Waals surface area contributed by atoms with Crippen LogP contribution in [0.15, 0.2) is 48.0 Å². The van der Waals surface area contributed by atoms with E-state index in [9.17, 15) is 18.0 Å². The molecule has 1 atom stereocenters. The van der Waals surface area contributed by atoms with E-state index >= 15 is 13.2 Å². The summed E-state index contributed by atoms with van der Waals surface area (Å²) in [6.07, 6.45) is 3.83. The van der Waals surface area contributed by atoms with Crippen molar-refractivity contribution in [2.75, 3.05) is 29.9 Å². The molecule has 1 amide bonds. The van der Waals surface area contributed by atoms with E-state index in [0.717, 1.165) is 6.07 Å². The Hall–Kier alpha value is -3.94. The lowest BCUT2D eigenvalue weighted by molar-refractivity contribution is -0.0392. The van der Waals surface area contributed by atoms with E-state index in [1.54, 1.807) is 23.6 Å². The molecule has 2 N–H and O–H groups in total. The maximum absolute atomic E-state index is 15.9. The number of anilines is 1. The zero-order valence-corrected chi connectivity index (χ0v) is 27.1. The van der Waals surface area contributed by atoms with Crippen LogP contribution in [0.5, 0.6) is 0 Å². The third-order valence-corrected chi connectivity index (χ3v) is 11.1. The van der Waals surface area contributed by atoms with Crippen molar-refractivity contribution in [2.24, 2.45) is 5.92 Å². The van der Waals surface area contributed by atoms with Crippen LogP contribution >= 0.6 is 0 Å². The molecule has 3 aromatic rings. The van der Waals surface area contributed by atoms with Gasteiger partial charge in [0, 0.05) is 37.2 Å². The molecule has 2 aliphatic rings. The van der Waals surface area contributed by atoms with Crippen LogP contribution in [-0.4, -0.2) is 63.6 Å². The molecule has 0 bridgehead atoms. The zero-order chi connectivity index (χ0) is 33.9. The van der Waals surface area contributed by atoms with Crippen molar-refractivity contribution in [3.8, 4) is 0 Å². The summed E-state index contributed by atoms with van der Waals surface area (Å²) >= 11 is 0. The van der Waals surface area contributed by atoms with E-state index in [1.165, 1.54) is 23.4 Å². The van der Waals surface area contributed by atoms with E-state index in [1.807, 2.05) is 0 Å². The number of aromatic nitrogens is 3. The number of likely N-dealkylation sites (tertiary alicyclic amines) is 1. The van der Waals surface area contributed by atoms with Crippen molar-refractivity contribution in [1.82, 2.24) is 19.4 Å². The summed E-state index contributed by atoms with van der Waals surface area (Å²) in [5.41, 5.74) is -0.156. The standard InChI is InChI=1S/C33H40F3N5O5S/c1-3-4-5-13-41-30-26(18-25(31(41)42)23-11-16-47(45,46)17-12-23)29(37-20-38-30)39-21(2)24-7-6-8-27(28(24)34)33(35,36)19-22-9-14-40(15-10-22)32(43)44/h3,6-8,18,20-23H,1,4-5,9-17,19H2,2H3,(H,43,44)(H,37,38,39). The number of benzene rings is 1. The number of alkyl halides is 2. The molecule has 0 spiro atoms. The van der Waals surface area contributed by atoms with Crippen LogP contribution < -0.4 is 10.9 Å². The van der Waals surface area contributed by atoms with Crippen molar-refractivity contribution >= 4 is 32.8 Å². The largest absolute Gasteiger partial charge is 0.465 e. The molecule has 2 fully saturated rings. The molecule has 0 radical (unpaired) electrons. The lowest BCUT2D eigenvalue weighted by Gasteiger charge is -2.32. The lowest BCUT2D eigenvalue weighted by Crippen LogP contribution is -2.38. The van der Waals surface area contributed by atoms with Gasteiger partial charge >= 0.3 is 6.09 Å². The van der Waals surface area contributed by atoms with Crippen LogP contribution in [0.2, 0.25) is 0 Å². The number of allylic oxidation sites excluding steroid dienone is 1. The summed E-state index contributed by atoms with van der Waals surface area (Å²) in [6.45, 7) is 6.04. The van der Waals surface area contributed by atoms with Gasteiger partial charge in [-0.2, -0.15) is 0 Å². The fourth-order valence-corrected chi connectivity index (χ4v) is 8.16. The van der Waals surface area contributed by atoms with E-state index in [4.69, 9.17) is 5.11 Å². The van der Waals surface area contributed by atoms with Crippen LogP contribution in [0, 0.1) is 11.7 Å². The van der Waals surface area contributed by atoms with Crippen molar-refractivity contribution in [3.63, 3.8) is 0 Å². The van der Waals surface area contributed by atoms with Crippen molar-refractivity contribution in [2.45, 2.75) is 76.3 Å². The number of carboxylic acid groups (broad SMARTS) is 1. The second kappa shape index (κ2) is 14.0. The van der Waals surface area contributed by atoms with E-state index in [0.29, 0.717) is 48.8 Å². The first-order chi connectivity index (χ1) is 22.3. The number of nitrogens with zero attached hydrogens (tertiary/aromatic N) is 4. The number of pyridine rings is 1. The van der Waals surface area contributed by atoms with E-state index in [2.05, 4.69) is 21.9 Å². The van der Waals surface area contributed by atoms with Crippen molar-refractivity contribution in [3.05, 3.63) is 76.1 Å². The number of amides is 1. The highest BCUT2D eigenvalue weighted by Gasteiger charge is 2.39. The second-order valence-electron chi connectivity index (χ2n) is 12.6. The first-order valence-electron chi connectivity index (χ1n) is 15.9. The van der Waals surface area contributed by atoms with Gasteiger partial charge in [0.25, 0.3) is 11.5 Å². The van der Waals surface area contributed by atoms with E-state index in [-0.39, 0.29) is 60.3 Å². The van der Waals surface area contributed by atoms with Crippen molar-refractivity contribution in [1.29, 1.82) is 0 Å². The molecule has 0 saturated carbocycles. The molecule has 254 valence electrons. The minimum Gasteiger partial charge on any atom is -0.465 e. The minimum atomic E-state index is -3.47. The Bertz CT molecular complexity index is 1790. The van der Waals surface area contributed by atoms with Gasteiger partial charge in [-0.25, -0.2) is 36.4 Å². The molecule has 5 rings (SSSR count). The maximum atomic E-state index is 15.9. The van der Waals surface area contributed by atoms with Crippen LogP contribution in [0.25, 0.3) is 11.0 Å². The van der Waals surface area contributed by atoms with Gasteiger partial charge in [0.15, 0.2) is 0 Å². The Balaban J connectivity index is 1.44. The molecule has 2 aliphatic heterocycles. The fourth-order valence-electron chi connectivity index (χ4n) is 6.66. The molecule has 47 heavy (non-hydrogen) atoms. The van der Waals surface area contributed by atoms with Crippen molar-refractivity contribution < 1.29 is 31.5 Å². The number of piperidine rings is 1. The van der Waals surface area contributed by atoms with Crippen LogP contribution in [0.1, 0.15) is 80.5 Å². The van der Waals surface area contributed by atoms with Gasteiger partial charge in [0.1, 0.15) is 33.4 Å². The Morgan fingerprint density at radius 1 is 1.19 bits per heavy atom. The first-order valence-corrected chi connectivity index (χ1v) is 17.7. The molecule has 2 saturated heterocycles. The molecule has 10 nitrogen and oxygen atoms in total. The number of hydrogen-bond donors (Lipinski definition) is 2. The molecule has 1 aromatic carbocycles. The van der Waals surface area contributed by atoms with Gasteiger partial charge in [-0.3, -0.25) is 9.36 Å². The average molecular weight is 676 g/mol. The number of fused-ring (bicyclic) bond motifs is 1. The number of carbonyl (C=O) groups is 1. The van der Waals surface area contributed by atoms with Gasteiger partial charge in [-0.15, -0.1) is 6.58 Å². The predicted molar refractivity (Wildman–Crippen MR) is 173 cm³/mol. The summed E-state index contributed by atoms with van der Waals surface area (Å²) < 4.78 is 72.7. The summed E-state index contributed by atoms with van der Waals surface area (Å²) in [6, 6.07) is 4.76. The predicted octanol–water partition coefficient (Wildman–Crippen LogP) is 6.23. The number of nitrogens with one attached hydrogen (secondary N) is 1. The highest BCUT2D eigenvalue weighted by molar-refractivity contribution is 7.91. The quantitative estimate of drug-likeness (QED) is 0.180. The molecule has 1 unspecified atom stereocenters. The second-order valence-corrected chi connectivity index (χ2v) is 14.9. The Labute approximate surface area is 271 Å². The number of sulfone groups is 1. The molecular formula is C33H40F3N5O5S. The normalized spacial score (nSPS) is 18.3. The number of halogens is 3. The Morgan fingerprint density at radius 2 is 1.89 bits per heavy atom. The summed E-state index contributed by atoms with van der Waals surface area (Å²) in [5.74, 6) is -4.98. The zero-order valence-electron chi connectivity index (χ0n) is 26.3. The Morgan fingerprint density at radius 3 is 2.55 bits per heavy atom. The number of aryl methyl sites for hydroxylation is 1. The van der Waals surface area contributed by atoms with Gasteiger partial charge in [-0.05, 0) is 63.4 Å². The first kappa shape index (κ1) is 34.4. The summed E-state index contributed by atoms with van der Waals surface area (Å²) in [4.78, 5) is 34.9. The minimum absolute atomic E-state index is 0.00616. The molecule has 0 aliphatic carbocycles. The van der Waals surface area contributed by atoms with Crippen LogP contribution in [0.4, 0.5) is 23.8 Å². The highest BCUT2D eigenvalue weighted by atomic mass is 32.2. The maximum Gasteiger partial charge on any atom is 0.407 e. The third kappa shape index (κ3) is 7.63. The topological polar surface area (TPSA) is 134 Å². The number of rotatable bonds is 11. The molecular weight excluding hydrogens is 635 g/mol. The molecule has 2 aromatic heterocycles. The monoisotopic (exact) mass is 675 g/mol. The third-order valence-electron chi connectivity index (χ3n) is 9.37. The van der Waals surface area contributed by atoms with Crippen LogP contribution in [0.3, 0.4) is 0 Å². The van der Waals surface area contributed by atoms with Gasteiger partial charge in [0.05, 0.1) is 28.5 Å². The smallest absolute Gasteiger partial charge is 0.407 e. The van der Waals surface area contributed by atoms with Gasteiger partial charge in [0.2, 0.25) is 0 Å². The fraction of sp³-hybridized carbons (Fsp3) is 0.515. The lowest BCUT2D eigenvalue weighted by atomic mass is 9.87. The SMILES string of the molecule is C=CCCCn1c(=O)c(C2CCS(=O)(=O)CC2)cc2c(NC(C)c3cccc(C(F)(F)CC4CCN(C(=O)O)CC4)c3F)ncnc21. The van der Waals surface area contributed by atoms with Gasteiger partial charge in [-0.1, -0.05) is 24.3 Å². The van der Waals surface area contributed by atoms with Gasteiger partial charge < -0.3 is 15.3 Å². The van der Waals surface area contributed by atoms with Crippen LogP contribution in [-0.2, 0) is 22.3 Å². The molecule has 4 heterocycles. The number of hydrogen-bond acceptors (Lipinski definition) is 7. The summed E-state index contributed by atoms with van der Waals surface area (Å²) in [7, 11) is -3.16. The highest BCUT2D eigenvalue weighted by Crippen LogP contribution is 2.41. The molecule has 14 heteroatoms. The summed E-state index contributed by atoms with van der Waals surface area (Å²) in [5, 5.41) is 12.8.